The number of aryl methyl sites for hydroxylation is 1. The first-order valence-corrected chi connectivity index (χ1v) is 8.01. The Balaban J connectivity index is 1.94. The number of pyridine rings is 1. The number of anilines is 2. The van der Waals surface area contributed by atoms with Crippen molar-refractivity contribution in [1.29, 1.82) is 0 Å². The SMILES string of the molecule is CCn1ncc(NCCNc2[nH+]cc(C(F)(F)F)cc2Cl)c(Cl)c1=O. The Kier molecular flexibility index (Phi) is 6.12. The summed E-state index contributed by atoms with van der Waals surface area (Å²) in [5.74, 6) is 0.252. The predicted octanol–water partition coefficient (Wildman–Crippen LogP) is 2.93. The van der Waals surface area contributed by atoms with Crippen molar-refractivity contribution >= 4 is 34.7 Å². The van der Waals surface area contributed by atoms with Gasteiger partial charge in [0.2, 0.25) is 0 Å². The molecule has 0 aromatic carbocycles. The van der Waals surface area contributed by atoms with E-state index in [0.717, 1.165) is 12.3 Å². The zero-order valence-electron chi connectivity index (χ0n) is 13.0. The Morgan fingerprint density at radius 1 is 1.28 bits per heavy atom. The van der Waals surface area contributed by atoms with Gasteiger partial charge in [0.15, 0.2) is 0 Å². The summed E-state index contributed by atoms with van der Waals surface area (Å²) < 4.78 is 38.9. The minimum absolute atomic E-state index is 0.0241. The number of hydrogen-bond donors (Lipinski definition) is 2. The topological polar surface area (TPSA) is 73.1 Å². The van der Waals surface area contributed by atoms with Crippen LogP contribution in [-0.2, 0) is 12.7 Å². The molecule has 0 aliphatic rings. The van der Waals surface area contributed by atoms with Gasteiger partial charge in [-0.05, 0) is 13.0 Å². The van der Waals surface area contributed by atoms with E-state index in [4.69, 9.17) is 23.2 Å². The van der Waals surface area contributed by atoms with E-state index >= 15 is 0 Å². The molecule has 0 saturated carbocycles. The van der Waals surface area contributed by atoms with Crippen molar-refractivity contribution < 1.29 is 18.2 Å². The maximum atomic E-state index is 12.6. The Morgan fingerprint density at radius 2 is 1.96 bits per heavy atom. The molecule has 0 aliphatic heterocycles. The molecule has 0 unspecified atom stereocenters. The first-order chi connectivity index (χ1) is 11.7. The largest absolute Gasteiger partial charge is 0.419 e. The van der Waals surface area contributed by atoms with Crippen LogP contribution >= 0.6 is 23.2 Å². The van der Waals surface area contributed by atoms with Crippen LogP contribution in [0.25, 0.3) is 0 Å². The number of nitrogens with zero attached hydrogens (tertiary/aromatic N) is 2. The van der Waals surface area contributed by atoms with Gasteiger partial charge in [-0.2, -0.15) is 18.3 Å². The molecule has 2 aromatic rings. The number of nitrogens with one attached hydrogen (secondary N) is 3. The molecule has 25 heavy (non-hydrogen) atoms. The van der Waals surface area contributed by atoms with Crippen LogP contribution in [0.15, 0.2) is 23.3 Å². The van der Waals surface area contributed by atoms with Gasteiger partial charge >= 0.3 is 6.18 Å². The van der Waals surface area contributed by atoms with E-state index in [1.54, 1.807) is 6.92 Å². The summed E-state index contributed by atoms with van der Waals surface area (Å²) in [4.78, 5) is 14.3. The number of aromatic nitrogens is 3. The molecular weight excluding hydrogens is 382 g/mol. The number of halogens is 5. The van der Waals surface area contributed by atoms with E-state index in [1.165, 1.54) is 10.9 Å². The molecule has 136 valence electrons. The molecule has 0 saturated heterocycles. The molecule has 2 heterocycles. The van der Waals surface area contributed by atoms with Gasteiger partial charge in [-0.3, -0.25) is 10.1 Å². The third-order valence-corrected chi connectivity index (χ3v) is 3.91. The Labute approximate surface area is 151 Å². The second kappa shape index (κ2) is 7.92. The normalized spacial score (nSPS) is 11.4. The molecule has 11 heteroatoms. The highest BCUT2D eigenvalue weighted by Gasteiger charge is 2.32. The summed E-state index contributed by atoms with van der Waals surface area (Å²) >= 11 is 11.8. The molecule has 0 atom stereocenters. The summed E-state index contributed by atoms with van der Waals surface area (Å²) in [6.07, 6.45) is -2.21. The Morgan fingerprint density at radius 3 is 2.56 bits per heavy atom. The lowest BCUT2D eigenvalue weighted by Gasteiger charge is -2.09. The summed E-state index contributed by atoms with van der Waals surface area (Å²) in [5, 5.41) is 9.66. The minimum atomic E-state index is -4.47. The fourth-order valence-corrected chi connectivity index (χ4v) is 2.42. The van der Waals surface area contributed by atoms with Crippen molar-refractivity contribution in [2.75, 3.05) is 23.7 Å². The van der Waals surface area contributed by atoms with Crippen molar-refractivity contribution in [2.24, 2.45) is 0 Å². The average Bonchev–Trinajstić information content (AvgIpc) is 2.55. The van der Waals surface area contributed by atoms with Crippen LogP contribution in [0.3, 0.4) is 0 Å². The maximum Gasteiger partial charge on any atom is 0.419 e. The lowest BCUT2D eigenvalue weighted by Crippen LogP contribution is -2.25. The number of rotatable bonds is 6. The van der Waals surface area contributed by atoms with Crippen LogP contribution < -0.4 is 21.2 Å². The highest BCUT2D eigenvalue weighted by Crippen LogP contribution is 2.31. The van der Waals surface area contributed by atoms with E-state index in [2.05, 4.69) is 20.7 Å². The van der Waals surface area contributed by atoms with Crippen LogP contribution in [0.5, 0.6) is 0 Å². The highest BCUT2D eigenvalue weighted by molar-refractivity contribution is 6.33. The average molecular weight is 397 g/mol. The Hall–Kier alpha value is -2.00. The zero-order valence-corrected chi connectivity index (χ0v) is 14.6. The first-order valence-electron chi connectivity index (χ1n) is 7.25. The minimum Gasteiger partial charge on any atom is -0.378 e. The molecule has 2 rings (SSSR count). The number of aromatic amines is 1. The maximum absolute atomic E-state index is 12.6. The Bertz CT molecular complexity index is 810. The van der Waals surface area contributed by atoms with E-state index < -0.39 is 17.3 Å². The number of hydrogen-bond acceptors (Lipinski definition) is 4. The molecule has 3 N–H and O–H groups in total. The molecule has 0 spiro atoms. The van der Waals surface area contributed by atoms with E-state index in [0.29, 0.717) is 25.3 Å². The second-order valence-electron chi connectivity index (χ2n) is 4.96. The van der Waals surface area contributed by atoms with Crippen molar-refractivity contribution in [2.45, 2.75) is 19.6 Å². The lowest BCUT2D eigenvalue weighted by molar-refractivity contribution is -0.364. The van der Waals surface area contributed by atoms with Crippen LogP contribution in [0.2, 0.25) is 10.0 Å². The van der Waals surface area contributed by atoms with Crippen molar-refractivity contribution in [3.63, 3.8) is 0 Å². The molecule has 6 nitrogen and oxygen atoms in total. The van der Waals surface area contributed by atoms with E-state index in [-0.39, 0.29) is 15.9 Å². The zero-order chi connectivity index (χ0) is 18.6. The third kappa shape index (κ3) is 4.76. The molecule has 2 aromatic heterocycles. The van der Waals surface area contributed by atoms with Gasteiger partial charge in [-0.15, -0.1) is 0 Å². The standard InChI is InChI=1S/C14H14Cl2F3N5O/c1-2-24-13(25)11(16)10(7-23-24)20-3-4-21-12-9(15)5-8(6-22-12)14(17,18)19/h5-7,20H,2-4H2,1H3,(H,21,22)/p+1. The smallest absolute Gasteiger partial charge is 0.378 e. The molecular formula is C14H15Cl2F3N5O+. The molecule has 0 radical (unpaired) electrons. The number of alkyl halides is 3. The molecule has 0 amide bonds. The highest BCUT2D eigenvalue weighted by atomic mass is 35.5. The summed E-state index contributed by atoms with van der Waals surface area (Å²) in [6, 6.07) is 0.832. The fraction of sp³-hybridized carbons (Fsp3) is 0.357. The van der Waals surface area contributed by atoms with Crippen molar-refractivity contribution in [3.05, 3.63) is 44.4 Å². The van der Waals surface area contributed by atoms with Gasteiger partial charge in [0, 0.05) is 6.54 Å². The van der Waals surface area contributed by atoms with Crippen LogP contribution in [0.1, 0.15) is 12.5 Å². The van der Waals surface area contributed by atoms with Crippen LogP contribution in [0, 0.1) is 0 Å². The molecule has 0 bridgehead atoms. The van der Waals surface area contributed by atoms with Gasteiger partial charge in [0.05, 0.1) is 24.0 Å². The first kappa shape index (κ1) is 19.3. The van der Waals surface area contributed by atoms with E-state index in [9.17, 15) is 18.0 Å². The third-order valence-electron chi connectivity index (χ3n) is 3.25. The summed E-state index contributed by atoms with van der Waals surface area (Å²) in [6.45, 7) is 2.83. The summed E-state index contributed by atoms with van der Waals surface area (Å²) in [5.41, 5.74) is -0.891. The van der Waals surface area contributed by atoms with Gasteiger partial charge in [-0.25, -0.2) is 9.67 Å². The number of H-pyrrole nitrogens is 1. The van der Waals surface area contributed by atoms with Crippen LogP contribution in [0.4, 0.5) is 24.7 Å². The van der Waals surface area contributed by atoms with Crippen LogP contribution in [-0.4, -0.2) is 22.9 Å². The van der Waals surface area contributed by atoms with Crippen molar-refractivity contribution in [3.8, 4) is 0 Å². The van der Waals surface area contributed by atoms with Gasteiger partial charge in [-0.1, -0.05) is 23.2 Å². The van der Waals surface area contributed by atoms with Gasteiger partial charge in [0.25, 0.3) is 11.4 Å². The fourth-order valence-electron chi connectivity index (χ4n) is 1.97. The van der Waals surface area contributed by atoms with Gasteiger partial charge in [0.1, 0.15) is 22.8 Å². The monoisotopic (exact) mass is 396 g/mol. The predicted molar refractivity (Wildman–Crippen MR) is 89.2 cm³/mol. The molecule has 0 aliphatic carbocycles. The quantitative estimate of drug-likeness (QED) is 0.736. The second-order valence-corrected chi connectivity index (χ2v) is 5.74. The van der Waals surface area contributed by atoms with Gasteiger partial charge < -0.3 is 5.32 Å². The van der Waals surface area contributed by atoms with Crippen molar-refractivity contribution in [1.82, 2.24) is 9.78 Å². The molecule has 0 fully saturated rings. The lowest BCUT2D eigenvalue weighted by atomic mass is 10.3. The summed E-state index contributed by atoms with van der Waals surface area (Å²) in [7, 11) is 0. The van der Waals surface area contributed by atoms with E-state index in [1.807, 2.05) is 0 Å².